The quantitative estimate of drug-likeness (QED) is 0.406. The molecule has 3 aliphatic heterocycles. The van der Waals surface area contributed by atoms with Gasteiger partial charge in [-0.3, -0.25) is 24.7 Å². The molecule has 1 aromatic heterocycles. The Labute approximate surface area is 198 Å². The smallest absolute Gasteiger partial charge is 0.243 e. The summed E-state index contributed by atoms with van der Waals surface area (Å²) in [5.41, 5.74) is 4.76. The van der Waals surface area contributed by atoms with Crippen molar-refractivity contribution in [1.82, 2.24) is 20.1 Å². The molecule has 1 aromatic carbocycles. The Kier molecular flexibility index (Phi) is 6.11. The highest BCUT2D eigenvalue weighted by Crippen LogP contribution is 2.39. The average molecular weight is 472 g/mol. The fourth-order valence-electron chi connectivity index (χ4n) is 4.86. The first-order valence-corrected chi connectivity index (χ1v) is 11.9. The lowest BCUT2D eigenvalue weighted by Crippen LogP contribution is -2.51. The lowest BCUT2D eigenvalue weighted by atomic mass is 10.0. The molecule has 5 rings (SSSR count). The van der Waals surface area contributed by atoms with Gasteiger partial charge in [-0.15, -0.1) is 0 Å². The molecule has 4 heterocycles. The van der Waals surface area contributed by atoms with Crippen molar-refractivity contribution in [2.45, 2.75) is 37.3 Å². The van der Waals surface area contributed by atoms with Gasteiger partial charge >= 0.3 is 0 Å². The van der Waals surface area contributed by atoms with Crippen molar-refractivity contribution in [3.05, 3.63) is 58.4 Å². The normalized spacial score (nSPS) is 24.5. The van der Waals surface area contributed by atoms with Crippen molar-refractivity contribution in [2.24, 2.45) is 0 Å². The van der Waals surface area contributed by atoms with Crippen LogP contribution in [0.4, 0.5) is 5.69 Å². The minimum absolute atomic E-state index is 0.125. The van der Waals surface area contributed by atoms with E-state index in [9.17, 15) is 9.59 Å². The van der Waals surface area contributed by atoms with Crippen LogP contribution in [0.15, 0.2) is 36.5 Å². The number of rotatable bonds is 4. The van der Waals surface area contributed by atoms with Crippen LogP contribution in [0, 0.1) is 0 Å². The summed E-state index contributed by atoms with van der Waals surface area (Å²) >= 11 is 10.7. The number of thiol groups is 1. The summed E-state index contributed by atoms with van der Waals surface area (Å²) in [6.07, 6.45) is 2.77. The number of fused-ring (bicyclic) bond motifs is 1. The second kappa shape index (κ2) is 9.02. The number of hydrogen-bond acceptors (Lipinski definition) is 7. The van der Waals surface area contributed by atoms with E-state index in [1.165, 1.54) is 11.1 Å². The Hall–Kier alpha value is -2.13. The van der Waals surface area contributed by atoms with E-state index in [-0.39, 0.29) is 23.2 Å². The maximum atomic E-state index is 12.3. The van der Waals surface area contributed by atoms with Gasteiger partial charge in [0.05, 0.1) is 23.3 Å². The van der Waals surface area contributed by atoms with Crippen molar-refractivity contribution in [1.29, 1.82) is 0 Å². The van der Waals surface area contributed by atoms with Crippen LogP contribution in [0.25, 0.3) is 0 Å². The summed E-state index contributed by atoms with van der Waals surface area (Å²) in [6.45, 7) is 5.46. The summed E-state index contributed by atoms with van der Waals surface area (Å²) in [6, 6.07) is 10.1. The minimum atomic E-state index is -0.304. The Morgan fingerprint density at radius 1 is 1.12 bits per heavy atom. The first-order chi connectivity index (χ1) is 15.5. The molecule has 2 amide bonds. The second-order valence-corrected chi connectivity index (χ2v) is 9.52. The third-order valence-corrected chi connectivity index (χ3v) is 7.42. The van der Waals surface area contributed by atoms with E-state index in [0.29, 0.717) is 24.5 Å². The second-order valence-electron chi connectivity index (χ2n) is 8.65. The molecule has 0 radical (unpaired) electrons. The molecule has 0 bridgehead atoms. The minimum Gasteiger partial charge on any atom is -0.368 e. The number of halogens is 1. The fourth-order valence-corrected chi connectivity index (χ4v) is 5.47. The molecular formula is C23H26ClN5O2S. The molecule has 2 fully saturated rings. The third kappa shape index (κ3) is 4.37. The van der Waals surface area contributed by atoms with Gasteiger partial charge in [-0.1, -0.05) is 29.8 Å². The Bertz CT molecular complexity index is 1030. The van der Waals surface area contributed by atoms with Crippen molar-refractivity contribution in [3.8, 4) is 0 Å². The number of anilines is 1. The van der Waals surface area contributed by atoms with E-state index in [4.69, 9.17) is 24.2 Å². The number of piperidine rings is 1. The number of imide groups is 1. The van der Waals surface area contributed by atoms with Crippen LogP contribution in [0.2, 0.25) is 5.15 Å². The largest absolute Gasteiger partial charge is 0.368 e. The van der Waals surface area contributed by atoms with Crippen LogP contribution in [-0.4, -0.2) is 58.8 Å². The van der Waals surface area contributed by atoms with E-state index < -0.39 is 0 Å². The predicted octanol–water partition coefficient (Wildman–Crippen LogP) is 2.61. The number of carbonyl (C=O) groups is 2. The molecule has 2 unspecified atom stereocenters. The highest BCUT2D eigenvalue weighted by molar-refractivity contribution is 7.80. The summed E-state index contributed by atoms with van der Waals surface area (Å²) in [7, 11) is 0. The number of amides is 2. The van der Waals surface area contributed by atoms with Crippen LogP contribution in [-0.2, 0) is 22.7 Å². The van der Waals surface area contributed by atoms with E-state index >= 15 is 0 Å². The maximum absolute atomic E-state index is 12.3. The number of aromatic nitrogens is 1. The fraction of sp³-hybridized carbons (Fsp3) is 0.435. The summed E-state index contributed by atoms with van der Waals surface area (Å²) in [5.74, 6) is -0.393. The molecule has 0 saturated carbocycles. The van der Waals surface area contributed by atoms with E-state index in [2.05, 4.69) is 43.2 Å². The van der Waals surface area contributed by atoms with Gasteiger partial charge in [0.2, 0.25) is 11.8 Å². The summed E-state index contributed by atoms with van der Waals surface area (Å²) < 4.78 is 0. The van der Waals surface area contributed by atoms with Gasteiger partial charge < -0.3 is 4.90 Å². The van der Waals surface area contributed by atoms with Crippen LogP contribution in [0.3, 0.4) is 0 Å². The Morgan fingerprint density at radius 2 is 1.94 bits per heavy atom. The number of carbonyl (C=O) groups excluding carboxylic acids is 2. The molecule has 2 aromatic rings. The van der Waals surface area contributed by atoms with Crippen LogP contribution < -0.4 is 10.2 Å². The van der Waals surface area contributed by atoms with Gasteiger partial charge in [0, 0.05) is 45.7 Å². The predicted molar refractivity (Wildman–Crippen MR) is 127 cm³/mol. The number of benzene rings is 1. The zero-order valence-electron chi connectivity index (χ0n) is 17.7. The van der Waals surface area contributed by atoms with Gasteiger partial charge in [-0.2, -0.15) is 12.6 Å². The van der Waals surface area contributed by atoms with Crippen molar-refractivity contribution < 1.29 is 9.59 Å². The number of pyridine rings is 1. The molecule has 168 valence electrons. The van der Waals surface area contributed by atoms with Gasteiger partial charge in [0.1, 0.15) is 5.15 Å². The van der Waals surface area contributed by atoms with Gasteiger partial charge in [0.25, 0.3) is 0 Å². The SMILES string of the molecule is O=C1CCC(N2Cc3cc(CN4CCN(c5ccc(Cl)nc5)CC4)ccc3C2S)C(=O)N1. The standard InChI is InChI=1S/C23H26ClN5O2S/c24-20-5-2-17(12-25-20)28-9-7-27(8-10-28)13-15-1-3-18-16(11-15)14-29(23(18)32)19-4-6-21(30)26-22(19)31/h1-3,5,11-12,19,23,32H,4,6-10,13-14H2,(H,26,30,31). The molecule has 2 atom stereocenters. The monoisotopic (exact) mass is 471 g/mol. The molecule has 9 heteroatoms. The molecule has 32 heavy (non-hydrogen) atoms. The van der Waals surface area contributed by atoms with Crippen LogP contribution in [0.5, 0.6) is 0 Å². The molecule has 7 nitrogen and oxygen atoms in total. The van der Waals surface area contributed by atoms with Crippen LogP contribution >= 0.6 is 24.2 Å². The first kappa shape index (κ1) is 21.7. The van der Waals surface area contributed by atoms with E-state index in [1.807, 2.05) is 18.3 Å². The van der Waals surface area contributed by atoms with Gasteiger partial charge in [-0.05, 0) is 35.2 Å². The summed E-state index contributed by atoms with van der Waals surface area (Å²) in [4.78, 5) is 34.9. The van der Waals surface area contributed by atoms with E-state index in [0.717, 1.165) is 44.0 Å². The molecule has 3 aliphatic rings. The van der Waals surface area contributed by atoms with Gasteiger partial charge in [0.15, 0.2) is 0 Å². The number of hydrogen-bond donors (Lipinski definition) is 2. The van der Waals surface area contributed by atoms with Crippen LogP contribution in [0.1, 0.15) is 34.9 Å². The molecular weight excluding hydrogens is 446 g/mol. The highest BCUT2D eigenvalue weighted by atomic mass is 35.5. The molecule has 0 spiro atoms. The molecule has 2 saturated heterocycles. The average Bonchev–Trinajstić information content (AvgIpc) is 3.10. The summed E-state index contributed by atoms with van der Waals surface area (Å²) in [5, 5.41) is 2.85. The number of piperazine rings is 1. The van der Waals surface area contributed by atoms with Crippen molar-refractivity contribution >= 4 is 41.7 Å². The van der Waals surface area contributed by atoms with Crippen molar-refractivity contribution in [3.63, 3.8) is 0 Å². The van der Waals surface area contributed by atoms with E-state index in [1.54, 1.807) is 0 Å². The first-order valence-electron chi connectivity index (χ1n) is 11.0. The number of nitrogens with zero attached hydrogens (tertiary/aromatic N) is 4. The zero-order valence-corrected chi connectivity index (χ0v) is 19.4. The molecule has 1 N–H and O–H groups in total. The third-order valence-electron chi connectivity index (χ3n) is 6.62. The number of nitrogens with one attached hydrogen (secondary N) is 1. The lowest BCUT2D eigenvalue weighted by Gasteiger charge is -2.36. The Morgan fingerprint density at radius 3 is 2.66 bits per heavy atom. The Balaban J connectivity index is 1.20. The van der Waals surface area contributed by atoms with Crippen molar-refractivity contribution in [2.75, 3.05) is 31.1 Å². The topological polar surface area (TPSA) is 68.8 Å². The van der Waals surface area contributed by atoms with Gasteiger partial charge in [-0.25, -0.2) is 4.98 Å². The maximum Gasteiger partial charge on any atom is 0.243 e. The lowest BCUT2D eigenvalue weighted by molar-refractivity contribution is -0.137. The zero-order chi connectivity index (χ0) is 22.2. The highest BCUT2D eigenvalue weighted by Gasteiger charge is 2.39. The molecule has 0 aliphatic carbocycles.